The van der Waals surface area contributed by atoms with Crippen LogP contribution < -0.4 is 10.0 Å². The lowest BCUT2D eigenvalue weighted by Gasteiger charge is -2.18. The summed E-state index contributed by atoms with van der Waals surface area (Å²) >= 11 is 0. The molecule has 30 heavy (non-hydrogen) atoms. The maximum Gasteiger partial charge on any atom is 0.251 e. The van der Waals surface area contributed by atoms with Gasteiger partial charge in [0.2, 0.25) is 10.0 Å². The van der Waals surface area contributed by atoms with E-state index in [4.69, 9.17) is 0 Å². The Morgan fingerprint density at radius 2 is 1.73 bits per heavy atom. The summed E-state index contributed by atoms with van der Waals surface area (Å²) in [6, 6.07) is 12.8. The summed E-state index contributed by atoms with van der Waals surface area (Å²) in [6.07, 6.45) is 0.981. The quantitative estimate of drug-likeness (QED) is 0.673. The molecule has 1 aliphatic heterocycles. The molecule has 2 aromatic carbocycles. The van der Waals surface area contributed by atoms with Crippen molar-refractivity contribution in [3.8, 4) is 0 Å². The first-order valence-electron chi connectivity index (χ1n) is 9.80. The van der Waals surface area contributed by atoms with Crippen molar-refractivity contribution in [2.24, 2.45) is 0 Å². The van der Waals surface area contributed by atoms with Gasteiger partial charge in [-0.15, -0.1) is 0 Å². The number of carbonyl (C=O) groups excluding carboxylic acids is 1. The molecule has 0 bridgehead atoms. The van der Waals surface area contributed by atoms with Gasteiger partial charge in [-0.25, -0.2) is 21.6 Å². The highest BCUT2D eigenvalue weighted by Crippen LogP contribution is 2.19. The Morgan fingerprint density at radius 1 is 1.10 bits per heavy atom. The largest absolute Gasteiger partial charge is 0.345 e. The van der Waals surface area contributed by atoms with E-state index in [1.165, 1.54) is 24.3 Å². The number of nitrogens with one attached hydrogen (secondary N) is 2. The molecule has 2 aromatic rings. The van der Waals surface area contributed by atoms with Crippen molar-refractivity contribution in [2.45, 2.75) is 43.7 Å². The maximum atomic E-state index is 12.6. The van der Waals surface area contributed by atoms with E-state index in [2.05, 4.69) is 10.0 Å². The highest BCUT2D eigenvalue weighted by Gasteiger charge is 2.31. The molecule has 1 fully saturated rings. The molecule has 7 nitrogen and oxygen atoms in total. The molecule has 3 rings (SSSR count). The normalized spacial score (nSPS) is 19.3. The van der Waals surface area contributed by atoms with Crippen LogP contribution in [-0.2, 0) is 19.9 Å². The molecule has 2 atom stereocenters. The van der Waals surface area contributed by atoms with Crippen LogP contribution in [-0.4, -0.2) is 40.3 Å². The molecule has 0 radical (unpaired) electrons. The van der Waals surface area contributed by atoms with Crippen LogP contribution in [0, 0.1) is 6.92 Å². The van der Waals surface area contributed by atoms with E-state index < -0.39 is 25.9 Å². The lowest BCUT2D eigenvalue weighted by atomic mass is 10.0. The molecule has 0 spiro atoms. The number of hydrogen-bond acceptors (Lipinski definition) is 5. The van der Waals surface area contributed by atoms with Crippen LogP contribution in [0.3, 0.4) is 0 Å². The first-order chi connectivity index (χ1) is 14.1. The molecule has 2 unspecified atom stereocenters. The summed E-state index contributed by atoms with van der Waals surface area (Å²) < 4.78 is 50.5. The number of sulfonamides is 1. The number of carbonyl (C=O) groups is 1. The van der Waals surface area contributed by atoms with E-state index in [0.717, 1.165) is 17.5 Å². The number of hydrogen-bond donors (Lipinski definition) is 2. The lowest BCUT2D eigenvalue weighted by Crippen LogP contribution is -2.35. The van der Waals surface area contributed by atoms with Crippen molar-refractivity contribution in [3.63, 3.8) is 0 Å². The fourth-order valence-electron chi connectivity index (χ4n) is 3.42. The number of rotatable bonds is 7. The van der Waals surface area contributed by atoms with Gasteiger partial charge in [-0.1, -0.05) is 36.8 Å². The summed E-state index contributed by atoms with van der Waals surface area (Å²) in [6.45, 7) is 3.98. The second-order valence-corrected chi connectivity index (χ2v) is 11.5. The molecule has 1 saturated heterocycles. The second-order valence-electron chi connectivity index (χ2n) is 7.59. The highest BCUT2D eigenvalue weighted by molar-refractivity contribution is 7.92. The van der Waals surface area contributed by atoms with Crippen LogP contribution in [0.2, 0.25) is 0 Å². The third-order valence-corrected chi connectivity index (χ3v) is 8.48. The molecule has 9 heteroatoms. The molecular formula is C21H26N2O5S2. The summed E-state index contributed by atoms with van der Waals surface area (Å²) in [4.78, 5) is 12.6. The topological polar surface area (TPSA) is 109 Å². The summed E-state index contributed by atoms with van der Waals surface area (Å²) in [7, 11) is -7.04. The van der Waals surface area contributed by atoms with Crippen molar-refractivity contribution in [2.75, 3.05) is 11.5 Å². The Hall–Kier alpha value is -2.23. The summed E-state index contributed by atoms with van der Waals surface area (Å²) in [5.41, 5.74) is 2.50. The van der Waals surface area contributed by atoms with Gasteiger partial charge in [-0.05, 0) is 49.6 Å². The minimum absolute atomic E-state index is 0.00563. The number of amides is 1. The van der Waals surface area contributed by atoms with Crippen LogP contribution in [0.15, 0.2) is 53.4 Å². The van der Waals surface area contributed by atoms with Crippen molar-refractivity contribution in [1.82, 2.24) is 10.0 Å². The Labute approximate surface area is 177 Å². The molecule has 1 amide bonds. The fourth-order valence-corrected chi connectivity index (χ4v) is 6.47. The fraction of sp³-hybridized carbons (Fsp3) is 0.381. The first-order valence-corrected chi connectivity index (χ1v) is 13.1. The molecular weight excluding hydrogens is 424 g/mol. The van der Waals surface area contributed by atoms with Gasteiger partial charge in [0.1, 0.15) is 0 Å². The van der Waals surface area contributed by atoms with Gasteiger partial charge in [0.15, 0.2) is 9.84 Å². The number of sulfone groups is 1. The third-order valence-electron chi connectivity index (χ3n) is 5.17. The van der Waals surface area contributed by atoms with Crippen molar-refractivity contribution >= 4 is 25.8 Å². The Kier molecular flexibility index (Phi) is 6.64. The van der Waals surface area contributed by atoms with Crippen molar-refractivity contribution in [1.29, 1.82) is 0 Å². The number of aryl methyl sites for hydroxylation is 1. The van der Waals surface area contributed by atoms with E-state index >= 15 is 0 Å². The van der Waals surface area contributed by atoms with Gasteiger partial charge >= 0.3 is 0 Å². The zero-order valence-electron chi connectivity index (χ0n) is 17.0. The predicted molar refractivity (Wildman–Crippen MR) is 115 cm³/mol. The minimum Gasteiger partial charge on any atom is -0.345 e. The zero-order chi connectivity index (χ0) is 21.9. The van der Waals surface area contributed by atoms with Gasteiger partial charge in [0.25, 0.3) is 5.91 Å². The molecule has 1 heterocycles. The van der Waals surface area contributed by atoms with Crippen molar-refractivity contribution < 1.29 is 21.6 Å². The van der Waals surface area contributed by atoms with Gasteiger partial charge in [-0.3, -0.25) is 4.79 Å². The average Bonchev–Trinajstić information content (AvgIpc) is 3.04. The van der Waals surface area contributed by atoms with Gasteiger partial charge in [-0.2, -0.15) is 0 Å². The van der Waals surface area contributed by atoms with E-state index in [0.29, 0.717) is 5.56 Å². The molecule has 0 aromatic heterocycles. The van der Waals surface area contributed by atoms with Crippen molar-refractivity contribution in [3.05, 3.63) is 65.2 Å². The zero-order valence-corrected chi connectivity index (χ0v) is 18.6. The average molecular weight is 451 g/mol. The standard InChI is InChI=1S/C21H26N2O5S2/c1-3-20(16-6-4-15(2)5-7-16)22-21(24)17-8-10-19(11-9-17)30(27,28)23-18-12-13-29(25,26)14-18/h4-11,18,20,23H,3,12-14H2,1-2H3,(H,22,24). The molecule has 162 valence electrons. The van der Waals surface area contributed by atoms with Crippen LogP contribution in [0.25, 0.3) is 0 Å². The Balaban J connectivity index is 1.68. The molecule has 1 aliphatic rings. The second kappa shape index (κ2) is 8.87. The van der Waals surface area contributed by atoms with Crippen LogP contribution >= 0.6 is 0 Å². The summed E-state index contributed by atoms with van der Waals surface area (Å²) in [5, 5.41) is 2.97. The highest BCUT2D eigenvalue weighted by atomic mass is 32.2. The van der Waals surface area contributed by atoms with Gasteiger partial charge < -0.3 is 5.32 Å². The van der Waals surface area contributed by atoms with E-state index in [9.17, 15) is 21.6 Å². The summed E-state index contributed by atoms with van der Waals surface area (Å²) in [5.74, 6) is -0.496. The van der Waals surface area contributed by atoms with E-state index in [-0.39, 0.29) is 34.8 Å². The SMILES string of the molecule is CCC(NC(=O)c1ccc(S(=O)(=O)NC2CCS(=O)(=O)C2)cc1)c1ccc(C)cc1. The monoisotopic (exact) mass is 450 g/mol. The van der Waals surface area contributed by atoms with Crippen LogP contribution in [0.5, 0.6) is 0 Å². The van der Waals surface area contributed by atoms with E-state index in [1.54, 1.807) is 0 Å². The van der Waals surface area contributed by atoms with Crippen LogP contribution in [0.1, 0.15) is 47.3 Å². The first kappa shape index (κ1) is 22.5. The number of benzene rings is 2. The third kappa shape index (κ3) is 5.47. The van der Waals surface area contributed by atoms with Gasteiger partial charge in [0, 0.05) is 11.6 Å². The Morgan fingerprint density at radius 3 is 2.27 bits per heavy atom. The molecule has 0 aliphatic carbocycles. The maximum absolute atomic E-state index is 12.6. The predicted octanol–water partition coefficient (Wildman–Crippen LogP) is 2.34. The van der Waals surface area contributed by atoms with E-state index in [1.807, 2.05) is 38.1 Å². The van der Waals surface area contributed by atoms with Crippen LogP contribution in [0.4, 0.5) is 0 Å². The lowest BCUT2D eigenvalue weighted by molar-refractivity contribution is 0.0935. The molecule has 0 saturated carbocycles. The molecule has 2 N–H and O–H groups in total. The smallest absolute Gasteiger partial charge is 0.251 e. The van der Waals surface area contributed by atoms with Gasteiger partial charge in [0.05, 0.1) is 22.4 Å². The minimum atomic E-state index is -3.86. The Bertz CT molecular complexity index is 1110.